The first-order valence-electron chi connectivity index (χ1n) is 7.39. The zero-order chi connectivity index (χ0) is 16.9. The van der Waals surface area contributed by atoms with Crippen molar-refractivity contribution in [3.8, 4) is 11.8 Å². The van der Waals surface area contributed by atoms with Crippen LogP contribution in [-0.2, 0) is 4.79 Å². The van der Waals surface area contributed by atoms with Gasteiger partial charge in [0.15, 0.2) is 0 Å². The molecule has 124 valence electrons. The van der Waals surface area contributed by atoms with E-state index in [2.05, 4.69) is 16.1 Å². The monoisotopic (exact) mass is 324 g/mol. The summed E-state index contributed by atoms with van der Waals surface area (Å²) in [6.45, 7) is -2.95. The molecule has 1 fully saturated rings. The van der Waals surface area contributed by atoms with Crippen LogP contribution < -0.4 is 10.1 Å². The van der Waals surface area contributed by atoms with Crippen LogP contribution in [0.1, 0.15) is 37.4 Å². The largest absolute Gasteiger partial charge is 0.435 e. The second-order valence-corrected chi connectivity index (χ2v) is 5.57. The molecule has 2 rings (SSSR count). The lowest BCUT2D eigenvalue weighted by Gasteiger charge is -2.21. The second kappa shape index (κ2) is 7.38. The molecule has 5 nitrogen and oxygen atoms in total. The minimum atomic E-state index is -2.90. The fourth-order valence-corrected chi connectivity index (χ4v) is 2.72. The zero-order valence-electron chi connectivity index (χ0n) is 12.5. The predicted molar refractivity (Wildman–Crippen MR) is 77.6 cm³/mol. The van der Waals surface area contributed by atoms with E-state index < -0.39 is 18.1 Å². The number of rotatable bonds is 6. The van der Waals surface area contributed by atoms with E-state index in [9.17, 15) is 23.9 Å². The van der Waals surface area contributed by atoms with Crippen molar-refractivity contribution in [1.29, 1.82) is 5.26 Å². The van der Waals surface area contributed by atoms with Gasteiger partial charge in [-0.05, 0) is 30.5 Å². The SMILES string of the molecule is N#CC1(C(=O)NCC(O)c2ccc(OC(F)F)cc2)CCCC1. The van der Waals surface area contributed by atoms with Crippen molar-refractivity contribution >= 4 is 5.91 Å². The number of aliphatic hydroxyl groups is 1. The highest BCUT2D eigenvalue weighted by atomic mass is 19.3. The fourth-order valence-electron chi connectivity index (χ4n) is 2.72. The third-order valence-electron chi connectivity index (χ3n) is 4.05. The van der Waals surface area contributed by atoms with Crippen molar-refractivity contribution in [2.24, 2.45) is 5.41 Å². The number of hydrogen-bond acceptors (Lipinski definition) is 4. The number of alkyl halides is 2. The molecular weight excluding hydrogens is 306 g/mol. The highest BCUT2D eigenvalue weighted by Gasteiger charge is 2.41. The lowest BCUT2D eigenvalue weighted by atomic mass is 9.87. The molecule has 1 atom stereocenters. The Bertz CT molecular complexity index is 578. The van der Waals surface area contributed by atoms with E-state index in [1.807, 2.05) is 0 Å². The molecule has 7 heteroatoms. The van der Waals surface area contributed by atoms with Gasteiger partial charge in [-0.25, -0.2) is 0 Å². The molecule has 0 aliphatic heterocycles. The Morgan fingerprint density at radius 2 is 1.96 bits per heavy atom. The van der Waals surface area contributed by atoms with E-state index in [-0.39, 0.29) is 18.2 Å². The fraction of sp³-hybridized carbons (Fsp3) is 0.500. The van der Waals surface area contributed by atoms with Crippen LogP contribution in [0.25, 0.3) is 0 Å². The quantitative estimate of drug-likeness (QED) is 0.842. The summed E-state index contributed by atoms with van der Waals surface area (Å²) >= 11 is 0. The van der Waals surface area contributed by atoms with Crippen molar-refractivity contribution in [2.75, 3.05) is 6.54 Å². The predicted octanol–water partition coefficient (Wildman–Crippen LogP) is 2.52. The first-order chi connectivity index (χ1) is 11.0. The van der Waals surface area contributed by atoms with Crippen LogP contribution in [0.5, 0.6) is 5.75 Å². The molecule has 23 heavy (non-hydrogen) atoms. The van der Waals surface area contributed by atoms with Crippen LogP contribution in [-0.4, -0.2) is 24.2 Å². The number of amides is 1. The van der Waals surface area contributed by atoms with Crippen LogP contribution in [0.2, 0.25) is 0 Å². The number of nitrogens with one attached hydrogen (secondary N) is 1. The molecule has 1 saturated carbocycles. The van der Waals surface area contributed by atoms with E-state index in [1.165, 1.54) is 24.3 Å². The van der Waals surface area contributed by atoms with Crippen LogP contribution >= 0.6 is 0 Å². The molecule has 2 N–H and O–H groups in total. The maximum atomic E-state index is 12.2. The van der Waals surface area contributed by atoms with E-state index in [1.54, 1.807) is 0 Å². The zero-order valence-corrected chi connectivity index (χ0v) is 12.5. The Labute approximate surface area is 132 Å². The lowest BCUT2D eigenvalue weighted by Crippen LogP contribution is -2.40. The van der Waals surface area contributed by atoms with Gasteiger partial charge in [-0.1, -0.05) is 25.0 Å². The van der Waals surface area contributed by atoms with Gasteiger partial charge in [0, 0.05) is 6.54 Å². The van der Waals surface area contributed by atoms with Gasteiger partial charge in [0.1, 0.15) is 11.2 Å². The normalized spacial score (nSPS) is 17.5. The van der Waals surface area contributed by atoms with Gasteiger partial charge in [0.05, 0.1) is 12.2 Å². The molecule has 1 aliphatic rings. The molecule has 0 bridgehead atoms. The maximum Gasteiger partial charge on any atom is 0.387 e. The van der Waals surface area contributed by atoms with Crippen molar-refractivity contribution in [3.05, 3.63) is 29.8 Å². The number of nitriles is 1. The minimum Gasteiger partial charge on any atom is -0.435 e. The Kier molecular flexibility index (Phi) is 5.50. The Morgan fingerprint density at radius 1 is 1.35 bits per heavy atom. The summed E-state index contributed by atoms with van der Waals surface area (Å²) in [6.07, 6.45) is 1.76. The number of carbonyl (C=O) groups is 1. The summed E-state index contributed by atoms with van der Waals surface area (Å²) < 4.78 is 28.3. The molecule has 0 spiro atoms. The maximum absolute atomic E-state index is 12.2. The molecule has 1 aliphatic carbocycles. The van der Waals surface area contributed by atoms with Gasteiger partial charge in [-0.15, -0.1) is 0 Å². The Morgan fingerprint density at radius 3 is 2.48 bits per heavy atom. The second-order valence-electron chi connectivity index (χ2n) is 5.57. The molecule has 1 amide bonds. The number of benzene rings is 1. The number of ether oxygens (including phenoxy) is 1. The lowest BCUT2D eigenvalue weighted by molar-refractivity contribution is -0.128. The van der Waals surface area contributed by atoms with Crippen molar-refractivity contribution in [1.82, 2.24) is 5.32 Å². The van der Waals surface area contributed by atoms with Gasteiger partial charge >= 0.3 is 6.61 Å². The van der Waals surface area contributed by atoms with Crippen LogP contribution in [0.3, 0.4) is 0 Å². The molecule has 1 aromatic carbocycles. The van der Waals surface area contributed by atoms with Crippen molar-refractivity contribution in [2.45, 2.75) is 38.4 Å². The number of aliphatic hydroxyl groups excluding tert-OH is 1. The summed E-state index contributed by atoms with van der Waals surface area (Å²) in [7, 11) is 0. The molecule has 1 unspecified atom stereocenters. The van der Waals surface area contributed by atoms with E-state index >= 15 is 0 Å². The average Bonchev–Trinajstić information content (AvgIpc) is 3.02. The van der Waals surface area contributed by atoms with Gasteiger partial charge in [0.2, 0.25) is 5.91 Å². The smallest absolute Gasteiger partial charge is 0.387 e. The van der Waals surface area contributed by atoms with Gasteiger partial charge in [-0.3, -0.25) is 4.79 Å². The molecule has 0 saturated heterocycles. The number of nitrogens with zero attached hydrogens (tertiary/aromatic N) is 1. The van der Waals surface area contributed by atoms with Crippen LogP contribution in [0, 0.1) is 16.7 Å². The number of carbonyl (C=O) groups excluding carboxylic acids is 1. The van der Waals surface area contributed by atoms with Crippen LogP contribution in [0.15, 0.2) is 24.3 Å². The Balaban J connectivity index is 1.90. The highest BCUT2D eigenvalue weighted by Crippen LogP contribution is 2.37. The van der Waals surface area contributed by atoms with Gasteiger partial charge in [-0.2, -0.15) is 14.0 Å². The van der Waals surface area contributed by atoms with Crippen molar-refractivity contribution in [3.63, 3.8) is 0 Å². The summed E-state index contributed by atoms with van der Waals surface area (Å²) in [4.78, 5) is 12.2. The van der Waals surface area contributed by atoms with Gasteiger partial charge in [0.25, 0.3) is 0 Å². The molecular formula is C16H18F2N2O3. The summed E-state index contributed by atoms with van der Waals surface area (Å²) in [6, 6.07) is 7.62. The molecule has 1 aromatic rings. The number of hydrogen-bond donors (Lipinski definition) is 2. The Hall–Kier alpha value is -2.20. The van der Waals surface area contributed by atoms with E-state index in [4.69, 9.17) is 0 Å². The van der Waals surface area contributed by atoms with Crippen molar-refractivity contribution < 1.29 is 23.4 Å². The summed E-state index contributed by atoms with van der Waals surface area (Å²) in [5.41, 5.74) is -0.529. The van der Waals surface area contributed by atoms with E-state index in [0.717, 1.165) is 12.8 Å². The van der Waals surface area contributed by atoms with E-state index in [0.29, 0.717) is 18.4 Å². The average molecular weight is 324 g/mol. The minimum absolute atomic E-state index is 0.00521. The highest BCUT2D eigenvalue weighted by molar-refractivity contribution is 5.85. The topological polar surface area (TPSA) is 82.4 Å². The standard InChI is InChI=1S/C16H18F2N2O3/c17-15(18)23-12-5-3-11(4-6-12)13(21)9-20-14(22)16(10-19)7-1-2-8-16/h3-6,13,15,21H,1-2,7-9H2,(H,20,22). The third kappa shape index (κ3) is 4.17. The first kappa shape index (κ1) is 17.2. The van der Waals surface area contributed by atoms with Gasteiger partial charge < -0.3 is 15.2 Å². The first-order valence-corrected chi connectivity index (χ1v) is 7.39. The number of halogens is 2. The summed E-state index contributed by atoms with van der Waals surface area (Å²) in [5.74, 6) is -0.372. The third-order valence-corrected chi connectivity index (χ3v) is 4.05. The molecule has 0 aromatic heterocycles. The molecule has 0 heterocycles. The summed E-state index contributed by atoms with van der Waals surface area (Å²) in [5, 5.41) is 21.9. The molecule has 0 radical (unpaired) electrons. The van der Waals surface area contributed by atoms with Crippen LogP contribution in [0.4, 0.5) is 8.78 Å².